The molecule has 0 aliphatic heterocycles. The molecule has 0 N–H and O–H groups in total. The molecular formula is C12H10ClN3O4. The molecule has 2 aromatic rings. The summed E-state index contributed by atoms with van der Waals surface area (Å²) in [5.74, 6) is 0.952. The van der Waals surface area contributed by atoms with Crippen molar-refractivity contribution in [2.45, 2.75) is 0 Å². The lowest BCUT2D eigenvalue weighted by Crippen LogP contribution is -1.98. The molecule has 0 bridgehead atoms. The Hall–Kier alpha value is -2.41. The Morgan fingerprint density at radius 2 is 1.95 bits per heavy atom. The number of nitro groups is 1. The first-order valence-electron chi connectivity index (χ1n) is 5.46. The van der Waals surface area contributed by atoms with Crippen molar-refractivity contribution in [1.29, 1.82) is 0 Å². The van der Waals surface area contributed by atoms with Gasteiger partial charge >= 0.3 is 5.69 Å². The monoisotopic (exact) mass is 295 g/mol. The SMILES string of the molecule is COc1ccc(-c2nc(Cl)ncc2[N+](=O)[O-])cc1OC. The fourth-order valence-electron chi connectivity index (χ4n) is 1.68. The maximum Gasteiger partial charge on any atom is 0.313 e. The highest BCUT2D eigenvalue weighted by atomic mass is 35.5. The highest BCUT2D eigenvalue weighted by Crippen LogP contribution is 2.35. The minimum atomic E-state index is -0.567. The first kappa shape index (κ1) is 14.0. The summed E-state index contributed by atoms with van der Waals surface area (Å²) >= 11 is 5.70. The van der Waals surface area contributed by atoms with Crippen molar-refractivity contribution in [2.75, 3.05) is 14.2 Å². The van der Waals surface area contributed by atoms with Crippen LogP contribution >= 0.6 is 11.6 Å². The summed E-state index contributed by atoms with van der Waals surface area (Å²) in [6.45, 7) is 0. The number of hydrogen-bond acceptors (Lipinski definition) is 6. The molecule has 7 nitrogen and oxygen atoms in total. The van der Waals surface area contributed by atoms with Crippen LogP contribution in [0.4, 0.5) is 5.69 Å². The molecule has 20 heavy (non-hydrogen) atoms. The number of rotatable bonds is 4. The van der Waals surface area contributed by atoms with Crippen molar-refractivity contribution in [1.82, 2.24) is 9.97 Å². The van der Waals surface area contributed by atoms with Crippen LogP contribution < -0.4 is 9.47 Å². The van der Waals surface area contributed by atoms with Crippen LogP contribution in [-0.2, 0) is 0 Å². The van der Waals surface area contributed by atoms with Crippen LogP contribution in [0.3, 0.4) is 0 Å². The molecule has 104 valence electrons. The maximum atomic E-state index is 11.0. The van der Waals surface area contributed by atoms with Crippen LogP contribution in [0.5, 0.6) is 11.5 Å². The number of halogens is 1. The number of methoxy groups -OCH3 is 2. The Morgan fingerprint density at radius 3 is 2.55 bits per heavy atom. The number of ether oxygens (including phenoxy) is 2. The van der Waals surface area contributed by atoms with E-state index in [1.807, 2.05) is 0 Å². The molecule has 1 heterocycles. The maximum absolute atomic E-state index is 11.0. The second-order valence-electron chi connectivity index (χ2n) is 3.70. The van der Waals surface area contributed by atoms with Crippen LogP contribution in [-0.4, -0.2) is 29.1 Å². The lowest BCUT2D eigenvalue weighted by atomic mass is 10.1. The standard InChI is InChI=1S/C12H10ClN3O4/c1-19-9-4-3-7(5-10(9)20-2)11-8(16(17)18)6-14-12(13)15-11/h3-6H,1-2H3. The van der Waals surface area contributed by atoms with Gasteiger partial charge in [0.2, 0.25) is 5.28 Å². The molecule has 0 saturated carbocycles. The highest BCUT2D eigenvalue weighted by Gasteiger charge is 2.19. The smallest absolute Gasteiger partial charge is 0.313 e. The minimum Gasteiger partial charge on any atom is -0.493 e. The second kappa shape index (κ2) is 5.70. The van der Waals surface area contributed by atoms with Crippen molar-refractivity contribution in [3.63, 3.8) is 0 Å². The van der Waals surface area contributed by atoms with E-state index in [0.29, 0.717) is 17.1 Å². The van der Waals surface area contributed by atoms with Gasteiger partial charge in [0.15, 0.2) is 17.2 Å². The van der Waals surface area contributed by atoms with E-state index in [4.69, 9.17) is 21.1 Å². The average molecular weight is 296 g/mol. The largest absolute Gasteiger partial charge is 0.493 e. The van der Waals surface area contributed by atoms with Gasteiger partial charge in [-0.15, -0.1) is 0 Å². The third-order valence-electron chi connectivity index (χ3n) is 2.59. The fourth-order valence-corrected chi connectivity index (χ4v) is 1.82. The van der Waals surface area contributed by atoms with E-state index in [9.17, 15) is 10.1 Å². The van der Waals surface area contributed by atoms with Gasteiger partial charge in [-0.2, -0.15) is 0 Å². The van der Waals surface area contributed by atoms with E-state index in [1.165, 1.54) is 14.2 Å². The fraction of sp³-hybridized carbons (Fsp3) is 0.167. The number of hydrogen-bond donors (Lipinski definition) is 0. The molecule has 0 radical (unpaired) electrons. The molecule has 2 rings (SSSR count). The Morgan fingerprint density at radius 1 is 1.25 bits per heavy atom. The van der Waals surface area contributed by atoms with Gasteiger partial charge in [-0.05, 0) is 29.8 Å². The first-order chi connectivity index (χ1) is 9.56. The molecule has 0 aliphatic carbocycles. The van der Waals surface area contributed by atoms with Crippen LogP contribution in [0.25, 0.3) is 11.3 Å². The molecule has 8 heteroatoms. The summed E-state index contributed by atoms with van der Waals surface area (Å²) in [6, 6.07) is 4.85. The van der Waals surface area contributed by atoms with Crippen LogP contribution in [0.15, 0.2) is 24.4 Å². The van der Waals surface area contributed by atoms with Crippen LogP contribution in [0.1, 0.15) is 0 Å². The van der Waals surface area contributed by atoms with E-state index < -0.39 is 4.92 Å². The van der Waals surface area contributed by atoms with Crippen molar-refractivity contribution in [3.8, 4) is 22.8 Å². The molecule has 0 fully saturated rings. The van der Waals surface area contributed by atoms with Gasteiger partial charge < -0.3 is 9.47 Å². The summed E-state index contributed by atoms with van der Waals surface area (Å²) in [4.78, 5) is 18.0. The van der Waals surface area contributed by atoms with Gasteiger partial charge in [-0.3, -0.25) is 10.1 Å². The lowest BCUT2D eigenvalue weighted by Gasteiger charge is -2.09. The van der Waals surface area contributed by atoms with Gasteiger partial charge in [0, 0.05) is 5.56 Å². The number of benzene rings is 1. The van der Waals surface area contributed by atoms with Crippen LogP contribution in [0.2, 0.25) is 5.28 Å². The van der Waals surface area contributed by atoms with E-state index in [1.54, 1.807) is 18.2 Å². The predicted molar refractivity (Wildman–Crippen MR) is 72.2 cm³/mol. The predicted octanol–water partition coefficient (Wildman–Crippen LogP) is 2.72. The molecule has 0 aliphatic rings. The minimum absolute atomic E-state index is 0.0691. The first-order valence-corrected chi connectivity index (χ1v) is 5.84. The average Bonchev–Trinajstić information content (AvgIpc) is 2.46. The molecule has 0 amide bonds. The zero-order valence-electron chi connectivity index (χ0n) is 10.7. The number of aromatic nitrogens is 2. The zero-order chi connectivity index (χ0) is 14.7. The zero-order valence-corrected chi connectivity index (χ0v) is 11.4. The van der Waals surface area contributed by atoms with Gasteiger partial charge in [0.25, 0.3) is 0 Å². The van der Waals surface area contributed by atoms with Crippen LogP contribution in [0, 0.1) is 10.1 Å². The van der Waals surface area contributed by atoms with Gasteiger partial charge in [0.05, 0.1) is 19.1 Å². The Bertz CT molecular complexity index is 663. The van der Waals surface area contributed by atoms with Crippen molar-refractivity contribution in [2.24, 2.45) is 0 Å². The molecule has 0 spiro atoms. The molecule has 0 atom stereocenters. The highest BCUT2D eigenvalue weighted by molar-refractivity contribution is 6.28. The van der Waals surface area contributed by atoms with Crippen molar-refractivity contribution in [3.05, 3.63) is 39.8 Å². The van der Waals surface area contributed by atoms with Crippen molar-refractivity contribution >= 4 is 17.3 Å². The molecule has 1 aromatic heterocycles. The quantitative estimate of drug-likeness (QED) is 0.489. The Balaban J connectivity index is 2.61. The van der Waals surface area contributed by atoms with E-state index in [2.05, 4.69) is 9.97 Å². The van der Waals surface area contributed by atoms with Crippen molar-refractivity contribution < 1.29 is 14.4 Å². The van der Waals surface area contributed by atoms with E-state index in [-0.39, 0.29) is 16.7 Å². The van der Waals surface area contributed by atoms with E-state index in [0.717, 1.165) is 6.20 Å². The van der Waals surface area contributed by atoms with Gasteiger partial charge in [-0.25, -0.2) is 9.97 Å². The Labute approximate surface area is 119 Å². The molecule has 1 aromatic carbocycles. The summed E-state index contributed by atoms with van der Waals surface area (Å²) in [5.41, 5.74) is 0.372. The van der Waals surface area contributed by atoms with Gasteiger partial charge in [-0.1, -0.05) is 0 Å². The second-order valence-corrected chi connectivity index (χ2v) is 4.04. The third kappa shape index (κ3) is 2.62. The Kier molecular flexibility index (Phi) is 3.99. The molecule has 0 unspecified atom stereocenters. The summed E-state index contributed by atoms with van der Waals surface area (Å²) < 4.78 is 10.3. The van der Waals surface area contributed by atoms with Gasteiger partial charge in [0.1, 0.15) is 6.20 Å². The third-order valence-corrected chi connectivity index (χ3v) is 2.78. The summed E-state index contributed by atoms with van der Waals surface area (Å²) in [5, 5.41) is 10.9. The molecule has 0 saturated heterocycles. The molecular weight excluding hydrogens is 286 g/mol. The van der Waals surface area contributed by atoms with E-state index >= 15 is 0 Å². The summed E-state index contributed by atoms with van der Waals surface area (Å²) in [7, 11) is 2.98. The normalized spacial score (nSPS) is 10.2. The topological polar surface area (TPSA) is 87.4 Å². The lowest BCUT2D eigenvalue weighted by molar-refractivity contribution is -0.384. The summed E-state index contributed by atoms with van der Waals surface area (Å²) in [6.07, 6.45) is 1.07. The number of nitrogens with zero attached hydrogens (tertiary/aromatic N) is 3.